The number of amides is 1. The van der Waals surface area contributed by atoms with Crippen molar-refractivity contribution in [1.82, 2.24) is 10.2 Å². The van der Waals surface area contributed by atoms with Crippen LogP contribution in [0.1, 0.15) is 20.3 Å². The molecule has 90 valence electrons. The minimum atomic E-state index is -0.924. The van der Waals surface area contributed by atoms with Gasteiger partial charge in [-0.05, 0) is 27.4 Å². The molecule has 0 spiro atoms. The Bertz CT molecular complexity index is 205. The molecular formula is C10H23N3O2. The maximum atomic E-state index is 11.3. The first-order valence-corrected chi connectivity index (χ1v) is 5.19. The number of carbonyl (C=O) groups is 1. The van der Waals surface area contributed by atoms with Crippen molar-refractivity contribution in [2.24, 2.45) is 5.73 Å². The summed E-state index contributed by atoms with van der Waals surface area (Å²) in [6, 6.07) is -0.486. The molecule has 5 nitrogen and oxygen atoms in total. The molecule has 0 aromatic rings. The van der Waals surface area contributed by atoms with Crippen LogP contribution < -0.4 is 11.1 Å². The number of rotatable bonds is 6. The summed E-state index contributed by atoms with van der Waals surface area (Å²) < 4.78 is 0. The van der Waals surface area contributed by atoms with E-state index in [0.29, 0.717) is 13.0 Å². The Morgan fingerprint density at radius 2 is 2.13 bits per heavy atom. The second-order valence-corrected chi connectivity index (χ2v) is 4.47. The Kier molecular flexibility index (Phi) is 5.79. The van der Waals surface area contributed by atoms with E-state index in [-0.39, 0.29) is 12.5 Å². The summed E-state index contributed by atoms with van der Waals surface area (Å²) in [5.74, 6) is -0.212. The molecule has 2 atom stereocenters. The van der Waals surface area contributed by atoms with Gasteiger partial charge in [-0.3, -0.25) is 4.79 Å². The Morgan fingerprint density at radius 3 is 2.53 bits per heavy atom. The standard InChI is InChI=1S/C10H23N3O2/c1-5-8(11)9(14)12-6-10(2,15)7-13(3)4/h8,15H,5-7,11H2,1-4H3,(H,12,14)/t8-,10?/m1/s1. The summed E-state index contributed by atoms with van der Waals surface area (Å²) in [7, 11) is 3.74. The van der Waals surface area contributed by atoms with Crippen molar-refractivity contribution in [2.75, 3.05) is 27.2 Å². The van der Waals surface area contributed by atoms with Crippen molar-refractivity contribution in [3.63, 3.8) is 0 Å². The number of carbonyl (C=O) groups excluding carboxylic acids is 1. The summed E-state index contributed by atoms with van der Waals surface area (Å²) in [4.78, 5) is 13.2. The van der Waals surface area contributed by atoms with Crippen molar-refractivity contribution < 1.29 is 9.90 Å². The zero-order valence-electron chi connectivity index (χ0n) is 10.1. The van der Waals surface area contributed by atoms with Gasteiger partial charge in [-0.15, -0.1) is 0 Å². The Morgan fingerprint density at radius 1 is 1.60 bits per heavy atom. The lowest BCUT2D eigenvalue weighted by Gasteiger charge is -2.27. The first kappa shape index (κ1) is 14.3. The smallest absolute Gasteiger partial charge is 0.237 e. The molecule has 0 bridgehead atoms. The summed E-state index contributed by atoms with van der Waals surface area (Å²) in [5, 5.41) is 12.5. The van der Waals surface area contributed by atoms with E-state index in [1.807, 2.05) is 25.9 Å². The largest absolute Gasteiger partial charge is 0.387 e. The van der Waals surface area contributed by atoms with Gasteiger partial charge in [0, 0.05) is 13.1 Å². The average Bonchev–Trinajstić information content (AvgIpc) is 2.11. The van der Waals surface area contributed by atoms with E-state index in [1.54, 1.807) is 6.92 Å². The number of hydrogen-bond acceptors (Lipinski definition) is 4. The van der Waals surface area contributed by atoms with E-state index >= 15 is 0 Å². The second kappa shape index (κ2) is 6.05. The molecular weight excluding hydrogens is 194 g/mol. The number of aliphatic hydroxyl groups is 1. The van der Waals surface area contributed by atoms with Gasteiger partial charge in [-0.25, -0.2) is 0 Å². The average molecular weight is 217 g/mol. The van der Waals surface area contributed by atoms with Gasteiger partial charge in [-0.1, -0.05) is 6.92 Å². The Hall–Kier alpha value is -0.650. The number of nitrogens with one attached hydrogen (secondary N) is 1. The van der Waals surface area contributed by atoms with Crippen LogP contribution >= 0.6 is 0 Å². The van der Waals surface area contributed by atoms with Crippen LogP contribution in [0.25, 0.3) is 0 Å². The molecule has 0 saturated heterocycles. The number of nitrogens with two attached hydrogens (primary N) is 1. The molecule has 0 radical (unpaired) electrons. The fourth-order valence-corrected chi connectivity index (χ4v) is 1.33. The fourth-order valence-electron chi connectivity index (χ4n) is 1.33. The molecule has 0 aliphatic heterocycles. The molecule has 1 amide bonds. The molecule has 0 saturated carbocycles. The number of hydrogen-bond donors (Lipinski definition) is 3. The van der Waals surface area contributed by atoms with Crippen LogP contribution in [0.5, 0.6) is 0 Å². The maximum absolute atomic E-state index is 11.3. The van der Waals surface area contributed by atoms with Crippen LogP contribution in [-0.2, 0) is 4.79 Å². The SMILES string of the molecule is CC[C@@H](N)C(=O)NCC(C)(O)CN(C)C. The van der Waals surface area contributed by atoms with Crippen molar-refractivity contribution in [3.8, 4) is 0 Å². The summed E-state index contributed by atoms with van der Waals surface area (Å²) >= 11 is 0. The molecule has 0 heterocycles. The molecule has 0 rings (SSSR count). The predicted octanol–water partition coefficient (Wildman–Crippen LogP) is -0.847. The van der Waals surface area contributed by atoms with Crippen LogP contribution in [0.4, 0.5) is 0 Å². The normalized spacial score (nSPS) is 17.3. The van der Waals surface area contributed by atoms with E-state index in [2.05, 4.69) is 5.32 Å². The van der Waals surface area contributed by atoms with Crippen LogP contribution in [0.15, 0.2) is 0 Å². The molecule has 0 aromatic heterocycles. The minimum Gasteiger partial charge on any atom is -0.387 e. The van der Waals surface area contributed by atoms with Gasteiger partial charge in [0.25, 0.3) is 0 Å². The third kappa shape index (κ3) is 6.43. The highest BCUT2D eigenvalue weighted by atomic mass is 16.3. The second-order valence-electron chi connectivity index (χ2n) is 4.47. The summed E-state index contributed by atoms with van der Waals surface area (Å²) in [5.41, 5.74) is 4.62. The Labute approximate surface area is 91.6 Å². The first-order chi connectivity index (χ1) is 6.78. The van der Waals surface area contributed by atoms with Crippen LogP contribution in [0, 0.1) is 0 Å². The third-order valence-corrected chi connectivity index (χ3v) is 2.08. The molecule has 0 aliphatic carbocycles. The Balaban J connectivity index is 3.98. The van der Waals surface area contributed by atoms with Crippen LogP contribution in [-0.4, -0.2) is 54.7 Å². The van der Waals surface area contributed by atoms with Gasteiger partial charge in [0.2, 0.25) is 5.91 Å². The number of nitrogens with zero attached hydrogens (tertiary/aromatic N) is 1. The molecule has 4 N–H and O–H groups in total. The van der Waals surface area contributed by atoms with Crippen molar-refractivity contribution in [1.29, 1.82) is 0 Å². The van der Waals surface area contributed by atoms with E-state index in [0.717, 1.165) is 0 Å². The number of likely N-dealkylation sites (N-methyl/N-ethyl adjacent to an activating group) is 1. The topological polar surface area (TPSA) is 78.6 Å². The van der Waals surface area contributed by atoms with Gasteiger partial charge in [0.05, 0.1) is 11.6 Å². The molecule has 15 heavy (non-hydrogen) atoms. The first-order valence-electron chi connectivity index (χ1n) is 5.19. The third-order valence-electron chi connectivity index (χ3n) is 2.08. The molecule has 0 aliphatic rings. The van der Waals surface area contributed by atoms with Gasteiger partial charge < -0.3 is 21.1 Å². The molecule has 1 unspecified atom stereocenters. The lowest BCUT2D eigenvalue weighted by Crippen LogP contribution is -2.50. The van der Waals surface area contributed by atoms with Gasteiger partial charge in [-0.2, -0.15) is 0 Å². The molecule has 5 heteroatoms. The lowest BCUT2D eigenvalue weighted by molar-refractivity contribution is -0.123. The minimum absolute atomic E-state index is 0.212. The quantitative estimate of drug-likeness (QED) is 0.541. The zero-order chi connectivity index (χ0) is 12.1. The molecule has 0 fully saturated rings. The molecule has 0 aromatic carbocycles. The van der Waals surface area contributed by atoms with Gasteiger partial charge >= 0.3 is 0 Å². The highest BCUT2D eigenvalue weighted by Gasteiger charge is 2.23. The van der Waals surface area contributed by atoms with Gasteiger partial charge in [0.15, 0.2) is 0 Å². The van der Waals surface area contributed by atoms with Crippen LogP contribution in [0.2, 0.25) is 0 Å². The lowest BCUT2D eigenvalue weighted by atomic mass is 10.1. The van der Waals surface area contributed by atoms with E-state index in [9.17, 15) is 9.90 Å². The van der Waals surface area contributed by atoms with E-state index in [4.69, 9.17) is 5.73 Å². The highest BCUT2D eigenvalue weighted by molar-refractivity contribution is 5.81. The fraction of sp³-hybridized carbons (Fsp3) is 0.900. The van der Waals surface area contributed by atoms with Crippen molar-refractivity contribution in [2.45, 2.75) is 31.9 Å². The van der Waals surface area contributed by atoms with Crippen molar-refractivity contribution in [3.05, 3.63) is 0 Å². The van der Waals surface area contributed by atoms with E-state index in [1.165, 1.54) is 0 Å². The monoisotopic (exact) mass is 217 g/mol. The predicted molar refractivity (Wildman–Crippen MR) is 60.5 cm³/mol. The van der Waals surface area contributed by atoms with E-state index < -0.39 is 11.6 Å². The van der Waals surface area contributed by atoms with Crippen LogP contribution in [0.3, 0.4) is 0 Å². The zero-order valence-corrected chi connectivity index (χ0v) is 10.1. The highest BCUT2D eigenvalue weighted by Crippen LogP contribution is 2.02. The maximum Gasteiger partial charge on any atom is 0.237 e. The summed E-state index contributed by atoms with van der Waals surface area (Å²) in [6.45, 7) is 4.25. The van der Waals surface area contributed by atoms with Crippen molar-refractivity contribution >= 4 is 5.91 Å². The summed E-state index contributed by atoms with van der Waals surface area (Å²) in [6.07, 6.45) is 0.599. The van der Waals surface area contributed by atoms with Gasteiger partial charge in [0.1, 0.15) is 0 Å².